The van der Waals surface area contributed by atoms with Crippen LogP contribution >= 0.6 is 0 Å². The van der Waals surface area contributed by atoms with Crippen LogP contribution in [0.1, 0.15) is 16.1 Å². The van der Waals surface area contributed by atoms with Gasteiger partial charge in [0.2, 0.25) is 5.88 Å². The van der Waals surface area contributed by atoms with Crippen LogP contribution in [0.25, 0.3) is 11.4 Å². The molecular formula is C18H16N6O2. The van der Waals surface area contributed by atoms with E-state index in [0.29, 0.717) is 28.3 Å². The van der Waals surface area contributed by atoms with E-state index in [1.54, 1.807) is 55.5 Å². The van der Waals surface area contributed by atoms with Crippen LogP contribution in [0, 0.1) is 11.3 Å². The topological polar surface area (TPSA) is 96.9 Å². The minimum absolute atomic E-state index is 0.221. The van der Waals surface area contributed by atoms with Crippen LogP contribution < -0.4 is 9.64 Å². The summed E-state index contributed by atoms with van der Waals surface area (Å²) < 4.78 is 6.72. The molecule has 0 bridgehead atoms. The number of nitriles is 1. The van der Waals surface area contributed by atoms with Gasteiger partial charge in [0.15, 0.2) is 0 Å². The zero-order chi connectivity index (χ0) is 18.7. The van der Waals surface area contributed by atoms with Crippen molar-refractivity contribution >= 4 is 11.6 Å². The summed E-state index contributed by atoms with van der Waals surface area (Å²) in [6.45, 7) is 0. The maximum absolute atomic E-state index is 12.8. The third kappa shape index (κ3) is 2.98. The number of nitrogens with zero attached hydrogens (tertiary/aromatic N) is 6. The molecule has 0 atom stereocenters. The average Bonchev–Trinajstić information content (AvgIpc) is 3.08. The maximum Gasteiger partial charge on any atom is 0.276 e. The molecule has 3 aromatic heterocycles. The number of amides is 1. The number of hydrogen-bond donors (Lipinski definition) is 0. The van der Waals surface area contributed by atoms with Crippen LogP contribution in [-0.4, -0.2) is 39.6 Å². The number of carbonyl (C=O) groups is 1. The Labute approximate surface area is 150 Å². The highest BCUT2D eigenvalue weighted by atomic mass is 16.5. The third-order valence-corrected chi connectivity index (χ3v) is 3.97. The fraction of sp³-hybridized carbons (Fsp3) is 0.167. The molecule has 8 nitrogen and oxygen atoms in total. The first-order valence-electron chi connectivity index (χ1n) is 7.71. The highest BCUT2D eigenvalue weighted by Gasteiger charge is 2.20. The van der Waals surface area contributed by atoms with Gasteiger partial charge in [-0.15, -0.1) is 0 Å². The monoisotopic (exact) mass is 348 g/mol. The molecule has 26 heavy (non-hydrogen) atoms. The van der Waals surface area contributed by atoms with E-state index in [1.807, 2.05) is 6.07 Å². The molecule has 0 saturated heterocycles. The summed E-state index contributed by atoms with van der Waals surface area (Å²) in [7, 11) is 4.87. The van der Waals surface area contributed by atoms with Gasteiger partial charge in [0.1, 0.15) is 23.2 Å². The van der Waals surface area contributed by atoms with E-state index in [2.05, 4.69) is 15.0 Å². The number of imidazole rings is 1. The zero-order valence-electron chi connectivity index (χ0n) is 14.5. The average molecular weight is 348 g/mol. The van der Waals surface area contributed by atoms with Crippen LogP contribution in [0.3, 0.4) is 0 Å². The second kappa shape index (κ2) is 7.03. The smallest absolute Gasteiger partial charge is 0.276 e. The number of methoxy groups -OCH3 is 1. The van der Waals surface area contributed by atoms with Gasteiger partial charge in [-0.2, -0.15) is 5.26 Å². The van der Waals surface area contributed by atoms with Crippen LogP contribution in [-0.2, 0) is 7.05 Å². The molecule has 0 unspecified atom stereocenters. The lowest BCUT2D eigenvalue weighted by molar-refractivity contribution is 0.0985. The minimum atomic E-state index is -0.221. The highest BCUT2D eigenvalue weighted by molar-refractivity contribution is 6.04. The fourth-order valence-corrected chi connectivity index (χ4v) is 2.53. The van der Waals surface area contributed by atoms with E-state index in [4.69, 9.17) is 4.74 Å². The van der Waals surface area contributed by atoms with E-state index in [-0.39, 0.29) is 11.8 Å². The number of pyridine rings is 2. The van der Waals surface area contributed by atoms with Gasteiger partial charge >= 0.3 is 0 Å². The quantitative estimate of drug-likeness (QED) is 0.716. The molecule has 0 aliphatic rings. The Morgan fingerprint density at radius 2 is 2.12 bits per heavy atom. The SMILES string of the molecule is COc1ncc(-c2ncc(C(=O)N(C)c3cccnc3)n2C)cc1C#N. The van der Waals surface area contributed by atoms with Crippen LogP contribution in [0.2, 0.25) is 0 Å². The Hall–Kier alpha value is -3.73. The summed E-state index contributed by atoms with van der Waals surface area (Å²) in [5.41, 5.74) is 2.00. The van der Waals surface area contributed by atoms with Gasteiger partial charge in [-0.1, -0.05) is 0 Å². The zero-order valence-corrected chi connectivity index (χ0v) is 14.5. The van der Waals surface area contributed by atoms with Crippen molar-refractivity contribution in [3.63, 3.8) is 0 Å². The number of ether oxygens (including phenoxy) is 1. The van der Waals surface area contributed by atoms with E-state index in [1.165, 1.54) is 18.2 Å². The number of hydrogen-bond acceptors (Lipinski definition) is 6. The molecule has 0 fully saturated rings. The fourth-order valence-electron chi connectivity index (χ4n) is 2.53. The van der Waals surface area contributed by atoms with Crippen molar-refractivity contribution in [1.29, 1.82) is 5.26 Å². The number of rotatable bonds is 4. The van der Waals surface area contributed by atoms with Crippen molar-refractivity contribution in [2.24, 2.45) is 7.05 Å². The lowest BCUT2D eigenvalue weighted by Crippen LogP contribution is -2.28. The largest absolute Gasteiger partial charge is 0.480 e. The maximum atomic E-state index is 12.8. The predicted molar refractivity (Wildman–Crippen MR) is 94.7 cm³/mol. The van der Waals surface area contributed by atoms with E-state index in [0.717, 1.165) is 0 Å². The lowest BCUT2D eigenvalue weighted by atomic mass is 10.2. The molecule has 1 amide bonds. The lowest BCUT2D eigenvalue weighted by Gasteiger charge is -2.17. The van der Waals surface area contributed by atoms with E-state index in [9.17, 15) is 10.1 Å². The Morgan fingerprint density at radius 1 is 1.31 bits per heavy atom. The van der Waals surface area contributed by atoms with Gasteiger partial charge in [0.05, 0.1) is 25.2 Å². The molecule has 3 heterocycles. The first-order chi connectivity index (χ1) is 12.6. The van der Waals surface area contributed by atoms with Gasteiger partial charge in [-0.25, -0.2) is 9.97 Å². The standard InChI is InChI=1S/C18H16N6O2/c1-23(14-5-4-6-20-10-14)18(25)15-11-21-16(24(15)2)13-7-12(8-19)17(26-3)22-9-13/h4-7,9-11H,1-3H3. The van der Waals surface area contributed by atoms with Gasteiger partial charge in [0.25, 0.3) is 5.91 Å². The molecule has 0 aliphatic carbocycles. The first-order valence-corrected chi connectivity index (χ1v) is 7.71. The minimum Gasteiger partial charge on any atom is -0.480 e. The normalized spacial score (nSPS) is 10.2. The van der Waals surface area contributed by atoms with Gasteiger partial charge in [-0.3, -0.25) is 9.78 Å². The first kappa shape index (κ1) is 17.1. The highest BCUT2D eigenvalue weighted by Crippen LogP contribution is 2.24. The molecule has 3 aromatic rings. The molecule has 0 aromatic carbocycles. The molecule has 0 saturated carbocycles. The second-order valence-electron chi connectivity index (χ2n) is 5.49. The summed E-state index contributed by atoms with van der Waals surface area (Å²) in [5.74, 6) is 0.555. The van der Waals surface area contributed by atoms with Crippen molar-refractivity contribution in [2.45, 2.75) is 0 Å². The molecular weight excluding hydrogens is 332 g/mol. The molecule has 130 valence electrons. The second-order valence-corrected chi connectivity index (χ2v) is 5.49. The number of carbonyl (C=O) groups excluding carboxylic acids is 1. The summed E-state index contributed by atoms with van der Waals surface area (Å²) >= 11 is 0. The van der Waals surface area contributed by atoms with E-state index >= 15 is 0 Å². The third-order valence-electron chi connectivity index (χ3n) is 3.97. The molecule has 0 aliphatic heterocycles. The number of aromatic nitrogens is 4. The van der Waals surface area contributed by atoms with Crippen molar-refractivity contribution < 1.29 is 9.53 Å². The van der Waals surface area contributed by atoms with Gasteiger partial charge in [-0.05, 0) is 18.2 Å². The van der Waals surface area contributed by atoms with Gasteiger partial charge < -0.3 is 14.2 Å². The van der Waals surface area contributed by atoms with Crippen LogP contribution in [0.5, 0.6) is 5.88 Å². The molecule has 0 N–H and O–H groups in total. The summed E-state index contributed by atoms with van der Waals surface area (Å²) in [5, 5.41) is 9.22. The van der Waals surface area contributed by atoms with Crippen molar-refractivity contribution in [1.82, 2.24) is 19.5 Å². The van der Waals surface area contributed by atoms with Gasteiger partial charge in [0, 0.05) is 32.1 Å². The Kier molecular flexibility index (Phi) is 4.62. The number of anilines is 1. The Morgan fingerprint density at radius 3 is 2.77 bits per heavy atom. The van der Waals surface area contributed by atoms with E-state index < -0.39 is 0 Å². The summed E-state index contributed by atoms with van der Waals surface area (Å²) in [6.07, 6.45) is 6.32. The Bertz CT molecular complexity index is 991. The Balaban J connectivity index is 1.96. The predicted octanol–water partition coefficient (Wildman–Crippen LogP) is 2.03. The molecule has 0 radical (unpaired) electrons. The van der Waals surface area contributed by atoms with Crippen molar-refractivity contribution in [3.8, 4) is 23.3 Å². The van der Waals surface area contributed by atoms with Crippen molar-refractivity contribution in [3.05, 3.63) is 54.2 Å². The molecule has 0 spiro atoms. The summed E-state index contributed by atoms with van der Waals surface area (Å²) in [6, 6.07) is 7.24. The molecule has 3 rings (SSSR count). The molecule has 8 heteroatoms. The van der Waals surface area contributed by atoms with Crippen LogP contribution in [0.15, 0.2) is 43.0 Å². The van der Waals surface area contributed by atoms with Crippen LogP contribution in [0.4, 0.5) is 5.69 Å². The summed E-state index contributed by atoms with van der Waals surface area (Å²) in [4.78, 5) is 26.8. The van der Waals surface area contributed by atoms with Crippen molar-refractivity contribution in [2.75, 3.05) is 19.1 Å².